The SMILES string of the molecule is CCCCC(CCCC)(C(=O)O)C(SCC(NC(=O)CCC(N)C(=O)O)C(=O)NCC(=O)O)C(=O)O. The van der Waals surface area contributed by atoms with Gasteiger partial charge >= 0.3 is 23.9 Å². The molecule has 0 radical (unpaired) electrons. The first kappa shape index (κ1) is 33.1. The van der Waals surface area contributed by atoms with Gasteiger partial charge in [-0.05, 0) is 19.3 Å². The molecule has 0 bridgehead atoms. The van der Waals surface area contributed by atoms with Crippen LogP contribution in [0.4, 0.5) is 0 Å². The summed E-state index contributed by atoms with van der Waals surface area (Å²) in [5.74, 6) is -7.32. The highest BCUT2D eigenvalue weighted by Gasteiger charge is 2.49. The number of nitrogens with two attached hydrogens (primary N) is 1. The van der Waals surface area contributed by atoms with Gasteiger partial charge in [-0.1, -0.05) is 39.5 Å². The van der Waals surface area contributed by atoms with Crippen molar-refractivity contribution in [2.24, 2.45) is 11.1 Å². The van der Waals surface area contributed by atoms with Gasteiger partial charge in [-0.3, -0.25) is 28.8 Å². The fourth-order valence-corrected chi connectivity index (χ4v) is 4.92. The highest BCUT2D eigenvalue weighted by atomic mass is 32.2. The van der Waals surface area contributed by atoms with E-state index in [4.69, 9.17) is 15.9 Å². The van der Waals surface area contributed by atoms with Crippen LogP contribution in [0.1, 0.15) is 65.2 Å². The van der Waals surface area contributed by atoms with Gasteiger partial charge in [-0.15, -0.1) is 11.8 Å². The second-order valence-electron chi connectivity index (χ2n) is 8.44. The molecule has 2 amide bonds. The van der Waals surface area contributed by atoms with E-state index in [2.05, 4.69) is 10.6 Å². The number of thioether (sulfide) groups is 1. The summed E-state index contributed by atoms with van der Waals surface area (Å²) in [5, 5.41) is 40.7. The van der Waals surface area contributed by atoms with Crippen molar-refractivity contribution in [3.8, 4) is 0 Å². The van der Waals surface area contributed by atoms with Gasteiger partial charge in [-0.25, -0.2) is 0 Å². The molecule has 0 aliphatic carbocycles. The van der Waals surface area contributed by atoms with Crippen LogP contribution in [0.2, 0.25) is 0 Å². The van der Waals surface area contributed by atoms with Crippen molar-refractivity contribution in [3.05, 3.63) is 0 Å². The van der Waals surface area contributed by atoms with Crippen LogP contribution in [0, 0.1) is 5.41 Å². The minimum absolute atomic E-state index is 0.109. The molecular formula is C22H37N3O10S. The van der Waals surface area contributed by atoms with Crippen LogP contribution < -0.4 is 16.4 Å². The van der Waals surface area contributed by atoms with E-state index in [0.29, 0.717) is 37.4 Å². The maximum Gasteiger partial charge on any atom is 0.322 e. The predicted octanol–water partition coefficient (Wildman–Crippen LogP) is 0.502. The Bertz CT molecular complexity index is 784. The normalized spacial score (nSPS) is 13.8. The summed E-state index contributed by atoms with van der Waals surface area (Å²) in [6.07, 6.45) is 1.88. The Morgan fingerprint density at radius 2 is 1.47 bits per heavy atom. The third kappa shape index (κ3) is 11.2. The summed E-state index contributed by atoms with van der Waals surface area (Å²) in [6, 6.07) is -2.71. The molecular weight excluding hydrogens is 498 g/mol. The first-order valence-corrected chi connectivity index (χ1v) is 12.7. The average Bonchev–Trinajstić information content (AvgIpc) is 2.80. The lowest BCUT2D eigenvalue weighted by Gasteiger charge is -2.35. The van der Waals surface area contributed by atoms with Gasteiger partial charge < -0.3 is 36.8 Å². The average molecular weight is 536 g/mol. The van der Waals surface area contributed by atoms with E-state index in [9.17, 15) is 39.0 Å². The second kappa shape index (κ2) is 16.7. The maximum atomic E-state index is 12.6. The number of hydrogen-bond acceptors (Lipinski definition) is 8. The number of hydrogen-bond donors (Lipinski definition) is 7. The van der Waals surface area contributed by atoms with Crippen molar-refractivity contribution in [1.82, 2.24) is 10.6 Å². The summed E-state index contributed by atoms with van der Waals surface area (Å²) >= 11 is 0.686. The van der Waals surface area contributed by atoms with Gasteiger partial charge in [0.2, 0.25) is 11.8 Å². The molecule has 13 nitrogen and oxygen atoms in total. The Hall–Kier alpha value is -2.87. The van der Waals surface area contributed by atoms with E-state index >= 15 is 0 Å². The fourth-order valence-electron chi connectivity index (χ4n) is 3.50. The quantitative estimate of drug-likeness (QED) is 0.113. The Morgan fingerprint density at radius 3 is 1.89 bits per heavy atom. The maximum absolute atomic E-state index is 12.6. The molecule has 0 saturated carbocycles. The first-order chi connectivity index (χ1) is 16.8. The lowest BCUT2D eigenvalue weighted by Crippen LogP contribution is -2.51. The molecule has 0 aromatic heterocycles. The zero-order valence-electron chi connectivity index (χ0n) is 20.5. The standard InChI is InChI=1S/C22H37N3O10S/c1-3-5-9-22(21(34)35,10-6-4-2)17(20(32)33)36-12-14(18(29)24-11-16(27)28)25-15(26)8-7-13(23)19(30)31/h13-14,17H,3-12,23H2,1-2H3,(H,24,29)(H,25,26)(H,27,28)(H,30,31)(H,32,33)(H,34,35). The molecule has 14 heteroatoms. The Morgan fingerprint density at radius 1 is 0.917 bits per heavy atom. The molecule has 0 aliphatic heterocycles. The molecule has 8 N–H and O–H groups in total. The number of amides is 2. The van der Waals surface area contributed by atoms with Gasteiger partial charge in [-0.2, -0.15) is 0 Å². The number of rotatable bonds is 20. The van der Waals surface area contributed by atoms with Crippen LogP contribution in [-0.2, 0) is 28.8 Å². The summed E-state index contributed by atoms with van der Waals surface area (Å²) < 4.78 is 0. The van der Waals surface area contributed by atoms with Crippen LogP contribution in [0.15, 0.2) is 0 Å². The van der Waals surface area contributed by atoms with Crippen LogP contribution in [0.25, 0.3) is 0 Å². The number of aliphatic carboxylic acids is 4. The van der Waals surface area contributed by atoms with Crippen LogP contribution in [0.5, 0.6) is 0 Å². The van der Waals surface area contributed by atoms with E-state index in [0.717, 1.165) is 0 Å². The number of carboxylic acid groups (broad SMARTS) is 4. The molecule has 0 aromatic carbocycles. The van der Waals surface area contributed by atoms with Crippen molar-refractivity contribution < 1.29 is 49.2 Å². The number of carboxylic acids is 4. The number of carbonyl (C=O) groups is 6. The molecule has 0 aliphatic rings. The van der Waals surface area contributed by atoms with E-state index in [1.165, 1.54) is 0 Å². The predicted molar refractivity (Wildman–Crippen MR) is 130 cm³/mol. The molecule has 206 valence electrons. The summed E-state index contributed by atoms with van der Waals surface area (Å²) in [7, 11) is 0. The van der Waals surface area contributed by atoms with E-state index in [1.807, 2.05) is 13.8 Å². The molecule has 36 heavy (non-hydrogen) atoms. The van der Waals surface area contributed by atoms with Crippen LogP contribution in [-0.4, -0.2) is 85.7 Å². The van der Waals surface area contributed by atoms with Gasteiger partial charge in [0.05, 0.1) is 5.41 Å². The highest BCUT2D eigenvalue weighted by Crippen LogP contribution is 2.42. The van der Waals surface area contributed by atoms with Gasteiger partial charge in [0.15, 0.2) is 0 Å². The third-order valence-corrected chi connectivity index (χ3v) is 7.11. The van der Waals surface area contributed by atoms with Crippen LogP contribution >= 0.6 is 11.8 Å². The third-order valence-electron chi connectivity index (χ3n) is 5.60. The van der Waals surface area contributed by atoms with Crippen molar-refractivity contribution in [2.45, 2.75) is 82.5 Å². The number of carbonyl (C=O) groups excluding carboxylic acids is 2. The van der Waals surface area contributed by atoms with Crippen molar-refractivity contribution in [2.75, 3.05) is 12.3 Å². The second-order valence-corrected chi connectivity index (χ2v) is 9.57. The number of nitrogens with one attached hydrogen (secondary N) is 2. The Balaban J connectivity index is 5.83. The lowest BCUT2D eigenvalue weighted by atomic mass is 9.75. The Labute approximate surface area is 213 Å². The largest absolute Gasteiger partial charge is 0.481 e. The summed E-state index contributed by atoms with van der Waals surface area (Å²) in [6.45, 7) is 2.95. The van der Waals surface area contributed by atoms with Gasteiger partial charge in [0, 0.05) is 12.2 Å². The molecule has 0 saturated heterocycles. The van der Waals surface area contributed by atoms with E-state index < -0.39 is 65.0 Å². The molecule has 0 aromatic rings. The van der Waals surface area contributed by atoms with E-state index in [-0.39, 0.29) is 31.4 Å². The minimum atomic E-state index is -1.61. The molecule has 0 fully saturated rings. The van der Waals surface area contributed by atoms with Crippen molar-refractivity contribution >= 4 is 47.5 Å². The molecule has 0 spiro atoms. The smallest absolute Gasteiger partial charge is 0.322 e. The Kier molecular flexibility index (Phi) is 15.4. The zero-order chi connectivity index (χ0) is 27.9. The fraction of sp³-hybridized carbons (Fsp3) is 0.727. The molecule has 3 atom stereocenters. The summed E-state index contributed by atoms with van der Waals surface area (Å²) in [5.41, 5.74) is 3.77. The first-order valence-electron chi connectivity index (χ1n) is 11.7. The number of unbranched alkanes of at least 4 members (excludes halogenated alkanes) is 2. The molecule has 3 unspecified atom stereocenters. The van der Waals surface area contributed by atoms with Crippen molar-refractivity contribution in [1.29, 1.82) is 0 Å². The van der Waals surface area contributed by atoms with Crippen LogP contribution in [0.3, 0.4) is 0 Å². The minimum Gasteiger partial charge on any atom is -0.481 e. The molecule has 0 heterocycles. The zero-order valence-corrected chi connectivity index (χ0v) is 21.3. The summed E-state index contributed by atoms with van der Waals surface area (Å²) in [4.78, 5) is 71.1. The molecule has 0 rings (SSSR count). The topological polar surface area (TPSA) is 233 Å². The highest BCUT2D eigenvalue weighted by molar-refractivity contribution is 8.00. The van der Waals surface area contributed by atoms with Crippen molar-refractivity contribution in [3.63, 3.8) is 0 Å². The van der Waals surface area contributed by atoms with Gasteiger partial charge in [0.25, 0.3) is 0 Å². The lowest BCUT2D eigenvalue weighted by molar-refractivity contribution is -0.156. The van der Waals surface area contributed by atoms with Gasteiger partial charge in [0.1, 0.15) is 23.9 Å². The monoisotopic (exact) mass is 535 g/mol. The van der Waals surface area contributed by atoms with E-state index in [1.54, 1.807) is 0 Å².